The van der Waals surface area contributed by atoms with Crippen LogP contribution in [0, 0.1) is 11.8 Å². The second kappa shape index (κ2) is 8.10. The summed E-state index contributed by atoms with van der Waals surface area (Å²) in [7, 11) is 5.06. The van der Waals surface area contributed by atoms with Gasteiger partial charge in [-0.05, 0) is 37.4 Å². The molecule has 4 atom stereocenters. The van der Waals surface area contributed by atoms with Crippen LogP contribution >= 0.6 is 0 Å². The zero-order valence-corrected chi connectivity index (χ0v) is 16.8. The molecular formula is C22H27NO6. The molecule has 0 saturated heterocycles. The Balaban J connectivity index is 1.63. The van der Waals surface area contributed by atoms with Gasteiger partial charge in [-0.25, -0.2) is 0 Å². The minimum Gasteiger partial charge on any atom is -0.497 e. The Hall–Kier alpha value is -2.48. The molecule has 2 aliphatic heterocycles. The minimum atomic E-state index is -0.799. The Morgan fingerprint density at radius 3 is 2.21 bits per heavy atom. The molecular weight excluding hydrogens is 374 g/mol. The molecule has 0 fully saturated rings. The monoisotopic (exact) mass is 401 g/mol. The Bertz CT molecular complexity index is 886. The van der Waals surface area contributed by atoms with Gasteiger partial charge in [0.1, 0.15) is 23.0 Å². The summed E-state index contributed by atoms with van der Waals surface area (Å²) in [5.74, 6) is 1.99. The van der Waals surface area contributed by atoms with Crippen LogP contribution in [0.15, 0.2) is 30.3 Å². The lowest BCUT2D eigenvalue weighted by Crippen LogP contribution is -2.40. The number of fused-ring (bicyclic) bond motifs is 2. The second-order valence-corrected chi connectivity index (χ2v) is 7.48. The third-order valence-electron chi connectivity index (χ3n) is 5.86. The van der Waals surface area contributed by atoms with E-state index in [2.05, 4.69) is 5.32 Å². The molecule has 2 aromatic rings. The van der Waals surface area contributed by atoms with Crippen LogP contribution in [0.3, 0.4) is 0 Å². The second-order valence-electron chi connectivity index (χ2n) is 7.48. The van der Waals surface area contributed by atoms with E-state index in [9.17, 15) is 10.2 Å². The van der Waals surface area contributed by atoms with Crippen molar-refractivity contribution in [2.75, 3.05) is 34.5 Å². The molecule has 7 heteroatoms. The molecule has 156 valence electrons. The number of ether oxygens (including phenoxy) is 4. The van der Waals surface area contributed by atoms with Gasteiger partial charge in [-0.2, -0.15) is 0 Å². The van der Waals surface area contributed by atoms with E-state index in [-0.39, 0.29) is 11.8 Å². The molecule has 0 saturated carbocycles. The highest BCUT2D eigenvalue weighted by Crippen LogP contribution is 2.47. The van der Waals surface area contributed by atoms with Gasteiger partial charge < -0.3 is 34.5 Å². The summed E-state index contributed by atoms with van der Waals surface area (Å²) in [6.45, 7) is 1.23. The van der Waals surface area contributed by atoms with Crippen molar-refractivity contribution in [3.63, 3.8) is 0 Å². The summed E-state index contributed by atoms with van der Waals surface area (Å²) in [5.41, 5.74) is 2.29. The van der Waals surface area contributed by atoms with E-state index in [1.807, 2.05) is 19.2 Å². The molecule has 2 aromatic carbocycles. The highest BCUT2D eigenvalue weighted by atomic mass is 16.5. The molecule has 2 heterocycles. The van der Waals surface area contributed by atoms with Crippen molar-refractivity contribution in [3.05, 3.63) is 47.0 Å². The minimum absolute atomic E-state index is 0.296. The molecule has 0 radical (unpaired) electrons. The maximum Gasteiger partial charge on any atom is 0.125 e. The van der Waals surface area contributed by atoms with Gasteiger partial charge in [0, 0.05) is 35.1 Å². The lowest BCUT2D eigenvalue weighted by Gasteiger charge is -2.40. The van der Waals surface area contributed by atoms with Crippen LogP contribution in [0.1, 0.15) is 28.9 Å². The van der Waals surface area contributed by atoms with Gasteiger partial charge in [-0.3, -0.25) is 0 Å². The maximum absolute atomic E-state index is 11.1. The van der Waals surface area contributed by atoms with Crippen molar-refractivity contribution >= 4 is 0 Å². The number of nitrogens with one attached hydrogen (secondary N) is 1. The van der Waals surface area contributed by atoms with Crippen molar-refractivity contribution in [1.29, 1.82) is 0 Å². The first-order chi connectivity index (χ1) is 14.1. The van der Waals surface area contributed by atoms with E-state index in [1.54, 1.807) is 32.4 Å². The number of rotatable bonds is 5. The lowest BCUT2D eigenvalue weighted by molar-refractivity contribution is -0.0552. The molecule has 4 rings (SSSR count). The van der Waals surface area contributed by atoms with E-state index in [0.717, 1.165) is 5.56 Å². The summed E-state index contributed by atoms with van der Waals surface area (Å²) in [5, 5.41) is 25.3. The smallest absolute Gasteiger partial charge is 0.125 e. The number of aliphatic hydroxyl groups excluding tert-OH is 2. The Kier molecular flexibility index (Phi) is 5.54. The first-order valence-corrected chi connectivity index (χ1v) is 9.72. The molecule has 0 spiro atoms. The molecule has 3 N–H and O–H groups in total. The van der Waals surface area contributed by atoms with E-state index in [1.165, 1.54) is 0 Å². The summed E-state index contributed by atoms with van der Waals surface area (Å²) in [6.07, 6.45) is -1.59. The SMILES string of the molecule is CNCc1cc2c(cc1OC)C(O)C(C1COc3ccc(OC)cc3C1O)CO2. The maximum atomic E-state index is 11.1. The van der Waals surface area contributed by atoms with E-state index in [4.69, 9.17) is 18.9 Å². The molecule has 2 aliphatic rings. The summed E-state index contributed by atoms with van der Waals surface area (Å²) >= 11 is 0. The average Bonchev–Trinajstić information content (AvgIpc) is 2.74. The van der Waals surface area contributed by atoms with Crippen LogP contribution in [0.25, 0.3) is 0 Å². The number of benzene rings is 2. The van der Waals surface area contributed by atoms with Crippen LogP contribution in [0.5, 0.6) is 23.0 Å². The quantitative estimate of drug-likeness (QED) is 0.708. The molecule has 29 heavy (non-hydrogen) atoms. The van der Waals surface area contributed by atoms with Crippen molar-refractivity contribution in [2.45, 2.75) is 18.8 Å². The largest absolute Gasteiger partial charge is 0.497 e. The van der Waals surface area contributed by atoms with Crippen LogP contribution in [0.4, 0.5) is 0 Å². The van der Waals surface area contributed by atoms with Crippen LogP contribution < -0.4 is 24.3 Å². The first-order valence-electron chi connectivity index (χ1n) is 9.72. The predicted molar refractivity (Wildman–Crippen MR) is 107 cm³/mol. The fourth-order valence-electron chi connectivity index (χ4n) is 4.24. The topological polar surface area (TPSA) is 89.4 Å². The number of aliphatic hydroxyl groups is 2. The Labute approximate surface area is 170 Å². The van der Waals surface area contributed by atoms with Gasteiger partial charge in [0.15, 0.2) is 0 Å². The average molecular weight is 401 g/mol. The number of hydrogen-bond donors (Lipinski definition) is 3. The van der Waals surface area contributed by atoms with Crippen molar-refractivity contribution in [1.82, 2.24) is 5.32 Å². The van der Waals surface area contributed by atoms with Crippen LogP contribution in [0.2, 0.25) is 0 Å². The Morgan fingerprint density at radius 1 is 0.931 bits per heavy atom. The summed E-state index contributed by atoms with van der Waals surface area (Å²) in [6, 6.07) is 9.10. The number of methoxy groups -OCH3 is 2. The zero-order valence-electron chi connectivity index (χ0n) is 16.8. The number of hydrogen-bond acceptors (Lipinski definition) is 7. The van der Waals surface area contributed by atoms with Crippen molar-refractivity contribution in [2.24, 2.45) is 11.8 Å². The van der Waals surface area contributed by atoms with E-state index < -0.39 is 12.2 Å². The predicted octanol–water partition coefficient (Wildman–Crippen LogP) is 2.21. The first kappa shape index (κ1) is 19.8. The third-order valence-corrected chi connectivity index (χ3v) is 5.86. The van der Waals surface area contributed by atoms with Crippen molar-refractivity contribution in [3.8, 4) is 23.0 Å². The molecule has 4 unspecified atom stereocenters. The van der Waals surface area contributed by atoms with Crippen LogP contribution in [-0.2, 0) is 6.54 Å². The molecule has 0 bridgehead atoms. The lowest BCUT2D eigenvalue weighted by atomic mass is 9.77. The third kappa shape index (κ3) is 3.50. The summed E-state index contributed by atoms with van der Waals surface area (Å²) < 4.78 is 22.6. The van der Waals surface area contributed by atoms with Gasteiger partial charge in [0.2, 0.25) is 0 Å². The molecule has 0 aromatic heterocycles. The van der Waals surface area contributed by atoms with Gasteiger partial charge in [-0.15, -0.1) is 0 Å². The molecule has 0 amide bonds. The van der Waals surface area contributed by atoms with Gasteiger partial charge in [0.05, 0.1) is 39.6 Å². The Morgan fingerprint density at radius 2 is 1.59 bits per heavy atom. The standard InChI is InChI=1S/C22H27NO6/c1-23-9-12-6-20-15(8-19(12)27-3)22(25)17(11-29-20)16-10-28-18-5-4-13(26-2)7-14(18)21(16)24/h4-8,16-17,21-25H,9-11H2,1-3H3. The normalized spacial score (nSPS) is 25.3. The van der Waals surface area contributed by atoms with E-state index >= 15 is 0 Å². The fourth-order valence-corrected chi connectivity index (χ4v) is 4.24. The van der Waals surface area contributed by atoms with Gasteiger partial charge in [0.25, 0.3) is 0 Å². The zero-order chi connectivity index (χ0) is 20.5. The summed E-state index contributed by atoms with van der Waals surface area (Å²) in [4.78, 5) is 0. The van der Waals surface area contributed by atoms with Crippen LogP contribution in [-0.4, -0.2) is 44.7 Å². The van der Waals surface area contributed by atoms with Gasteiger partial charge >= 0.3 is 0 Å². The molecule has 7 nitrogen and oxygen atoms in total. The fraction of sp³-hybridized carbons (Fsp3) is 0.455. The van der Waals surface area contributed by atoms with E-state index in [0.29, 0.717) is 53.9 Å². The highest BCUT2D eigenvalue weighted by molar-refractivity contribution is 5.49. The molecule has 0 aliphatic carbocycles. The highest BCUT2D eigenvalue weighted by Gasteiger charge is 2.42. The van der Waals surface area contributed by atoms with Crippen molar-refractivity contribution < 1.29 is 29.2 Å². The van der Waals surface area contributed by atoms with Gasteiger partial charge in [-0.1, -0.05) is 0 Å².